The van der Waals surface area contributed by atoms with Gasteiger partial charge in [0.05, 0.1) is 32.2 Å². The van der Waals surface area contributed by atoms with E-state index in [1.165, 1.54) is 24.3 Å². The number of hydrogen-bond acceptors (Lipinski definition) is 15. The average Bonchev–Trinajstić information content (AvgIpc) is 3.31. The lowest BCUT2D eigenvalue weighted by Gasteiger charge is -2.28. The van der Waals surface area contributed by atoms with Crippen LogP contribution in [0.2, 0.25) is 0 Å². The van der Waals surface area contributed by atoms with Crippen LogP contribution in [0.4, 0.5) is 0 Å². The Balaban J connectivity index is 2.71. The van der Waals surface area contributed by atoms with E-state index >= 15 is 0 Å². The summed E-state index contributed by atoms with van der Waals surface area (Å²) in [6.07, 6.45) is 2.79. The van der Waals surface area contributed by atoms with E-state index in [1.54, 1.807) is 0 Å². The first-order chi connectivity index (χ1) is 34.1. The van der Waals surface area contributed by atoms with Gasteiger partial charge in [-0.15, -0.1) is 0 Å². The molecule has 17 N–H and O–H groups in total. The Morgan fingerprint density at radius 2 is 1.00 bits per heavy atom. The van der Waals surface area contributed by atoms with Crippen LogP contribution in [0, 0.1) is 0 Å². The SMILES string of the molecule is CCCCCCCCCCC[C@@H]1CC(=O)N[C@@H](CC(N)=O)C(=O)N[C@H](Cc2ccc(O)cc2)C(=O)N[C@H](CC(N)=O)C(=O)N[C@@H](CO)C(=O)N[C@@H](CCC(=O)O)C(=O)N[C@H](CO)C(=O)N[C@@H]([C@@H](C)O)C(=O)N1. The highest BCUT2D eigenvalue weighted by molar-refractivity contribution is 5.99. The topological polar surface area (TPSA) is 437 Å². The summed E-state index contributed by atoms with van der Waals surface area (Å²) < 4.78 is 0. The lowest BCUT2D eigenvalue weighted by Crippen LogP contribution is -2.62. The number of amides is 10. The summed E-state index contributed by atoms with van der Waals surface area (Å²) in [7, 11) is 0. The number of primary amides is 2. The molecule has 72 heavy (non-hydrogen) atoms. The second kappa shape index (κ2) is 32.1. The number of rotatable bonds is 22. The summed E-state index contributed by atoms with van der Waals surface area (Å²) in [5, 5.41) is 68.6. The number of aliphatic hydroxyl groups excluding tert-OH is 3. The first kappa shape index (κ1) is 61.2. The third-order valence-electron chi connectivity index (χ3n) is 11.5. The van der Waals surface area contributed by atoms with Crippen LogP contribution < -0.4 is 54.0 Å². The zero-order chi connectivity index (χ0) is 53.9. The number of hydrogen-bond donors (Lipinski definition) is 15. The number of benzene rings is 1. The average molecular weight is 1020 g/mol. The number of carboxylic acid groups (broad SMARTS) is 1. The molecule has 0 radical (unpaired) electrons. The van der Waals surface area contributed by atoms with Crippen LogP contribution in [0.5, 0.6) is 5.75 Å². The molecule has 1 heterocycles. The minimum absolute atomic E-state index is 0.160. The van der Waals surface area contributed by atoms with Crippen LogP contribution in [0.3, 0.4) is 0 Å². The van der Waals surface area contributed by atoms with Gasteiger partial charge in [0.2, 0.25) is 59.1 Å². The molecule has 26 nitrogen and oxygen atoms in total. The van der Waals surface area contributed by atoms with Crippen molar-refractivity contribution in [3.63, 3.8) is 0 Å². The zero-order valence-electron chi connectivity index (χ0n) is 40.6. The van der Waals surface area contributed by atoms with Gasteiger partial charge >= 0.3 is 5.97 Å². The molecule has 0 bridgehead atoms. The van der Waals surface area contributed by atoms with Gasteiger partial charge in [-0.05, 0) is 37.5 Å². The number of aromatic hydroxyl groups is 1. The number of aliphatic carboxylic acids is 1. The van der Waals surface area contributed by atoms with E-state index < -0.39 is 165 Å². The van der Waals surface area contributed by atoms with Gasteiger partial charge in [0.15, 0.2) is 0 Å². The fraction of sp³-hybridized carbons (Fsp3) is 0.630. The highest BCUT2D eigenvalue weighted by Gasteiger charge is 2.36. The number of nitrogens with one attached hydrogen (secondary N) is 8. The molecule has 9 atom stereocenters. The second-order valence-electron chi connectivity index (χ2n) is 17.7. The number of nitrogens with two attached hydrogens (primary N) is 2. The number of phenols is 1. The summed E-state index contributed by atoms with van der Waals surface area (Å²) in [6, 6.07) is -8.61. The van der Waals surface area contributed by atoms with E-state index in [0.29, 0.717) is 18.4 Å². The number of carboxylic acids is 1. The molecule has 402 valence electrons. The molecule has 0 unspecified atom stereocenters. The molecule has 2 rings (SSSR count). The third kappa shape index (κ3) is 22.9. The van der Waals surface area contributed by atoms with Crippen molar-refractivity contribution in [3.05, 3.63) is 29.8 Å². The van der Waals surface area contributed by atoms with Gasteiger partial charge < -0.3 is 79.5 Å². The maximum Gasteiger partial charge on any atom is 0.303 e. The van der Waals surface area contributed by atoms with Crippen LogP contribution in [0.15, 0.2) is 24.3 Å². The molecule has 0 aliphatic carbocycles. The molecule has 26 heteroatoms. The number of carbonyl (C=O) groups excluding carboxylic acids is 10. The smallest absolute Gasteiger partial charge is 0.303 e. The van der Waals surface area contributed by atoms with E-state index in [9.17, 15) is 78.3 Å². The number of unbranched alkanes of at least 4 members (excludes halogenated alkanes) is 8. The molecule has 1 aromatic carbocycles. The molecule has 0 saturated carbocycles. The van der Waals surface area contributed by atoms with Crippen LogP contribution in [-0.2, 0) is 59.2 Å². The van der Waals surface area contributed by atoms with Gasteiger partial charge in [0, 0.05) is 25.3 Å². The molecule has 1 aliphatic rings. The lowest BCUT2D eigenvalue weighted by molar-refractivity contribution is -0.139. The molecule has 0 spiro atoms. The van der Waals surface area contributed by atoms with Gasteiger partial charge in [0.25, 0.3) is 0 Å². The predicted octanol–water partition coefficient (Wildman–Crippen LogP) is -3.88. The molecular weight excluding hydrogens is 949 g/mol. The molecular formula is C46H72N10O16. The van der Waals surface area contributed by atoms with E-state index in [4.69, 9.17) is 11.5 Å². The molecule has 0 aromatic heterocycles. The van der Waals surface area contributed by atoms with Crippen LogP contribution >= 0.6 is 0 Å². The maximum absolute atomic E-state index is 14.1. The van der Waals surface area contributed by atoms with Crippen molar-refractivity contribution in [1.29, 1.82) is 0 Å². The number of carbonyl (C=O) groups is 11. The minimum atomic E-state index is -1.98. The Morgan fingerprint density at radius 3 is 1.50 bits per heavy atom. The van der Waals surface area contributed by atoms with Crippen LogP contribution in [0.25, 0.3) is 0 Å². The van der Waals surface area contributed by atoms with E-state index in [2.05, 4.69) is 49.5 Å². The summed E-state index contributed by atoms with van der Waals surface area (Å²) in [5.41, 5.74) is 11.2. The molecule has 1 fully saturated rings. The van der Waals surface area contributed by atoms with Crippen LogP contribution in [-0.4, -0.2) is 158 Å². The monoisotopic (exact) mass is 1020 g/mol. The quantitative estimate of drug-likeness (QED) is 0.0494. The van der Waals surface area contributed by atoms with Gasteiger partial charge in [-0.1, -0.05) is 76.8 Å². The van der Waals surface area contributed by atoms with Gasteiger partial charge in [-0.25, -0.2) is 0 Å². The van der Waals surface area contributed by atoms with Crippen molar-refractivity contribution in [2.45, 2.75) is 171 Å². The highest BCUT2D eigenvalue weighted by Crippen LogP contribution is 2.15. The Labute approximate surface area is 416 Å². The van der Waals surface area contributed by atoms with Crippen molar-refractivity contribution in [2.24, 2.45) is 11.5 Å². The largest absolute Gasteiger partial charge is 0.508 e. The molecule has 10 amide bonds. The van der Waals surface area contributed by atoms with Crippen molar-refractivity contribution in [3.8, 4) is 5.75 Å². The van der Waals surface area contributed by atoms with Gasteiger partial charge in [-0.3, -0.25) is 52.7 Å². The highest BCUT2D eigenvalue weighted by atomic mass is 16.4. The van der Waals surface area contributed by atoms with Crippen molar-refractivity contribution in [2.75, 3.05) is 13.2 Å². The normalized spacial score (nSPS) is 24.0. The standard InChI is InChI=1S/C46H72N10O16/c1-3-4-5-6-7-8-9-10-11-12-27-20-37(63)50-31(21-35(47)61)42(68)52-30(19-26-13-15-28(60)16-14-26)41(67)53-32(22-36(48)62)43(69)55-33(23-57)44(70)51-29(17-18-38(64)65)40(66)54-34(24-58)45(71)56-39(25(2)59)46(72)49-27/h13-16,25,27,29-34,39,57-60H,3-12,17-24H2,1-2H3,(H2,47,61)(H2,48,62)(H,49,72)(H,50,63)(H,51,70)(H,52,68)(H,53,67)(H,54,66)(H,55,69)(H,56,71)(H,64,65)/t25-,27-,29+,30-,31+,32-,33+,34-,39+/m1/s1. The summed E-state index contributed by atoms with van der Waals surface area (Å²) in [6.45, 7) is 0.925. The Hall–Kier alpha value is -6.93. The zero-order valence-corrected chi connectivity index (χ0v) is 40.6. The molecule has 1 aromatic rings. The first-order valence-electron chi connectivity index (χ1n) is 24.0. The third-order valence-corrected chi connectivity index (χ3v) is 11.5. The molecule has 1 aliphatic heterocycles. The van der Waals surface area contributed by atoms with E-state index in [1.807, 2.05) is 0 Å². The second-order valence-corrected chi connectivity index (χ2v) is 17.7. The van der Waals surface area contributed by atoms with Crippen molar-refractivity contribution >= 4 is 65.0 Å². The number of aliphatic hydroxyl groups is 3. The fourth-order valence-corrected chi connectivity index (χ4v) is 7.54. The van der Waals surface area contributed by atoms with Crippen LogP contribution in [0.1, 0.15) is 116 Å². The van der Waals surface area contributed by atoms with E-state index in [0.717, 1.165) is 51.9 Å². The van der Waals surface area contributed by atoms with Gasteiger partial charge in [0.1, 0.15) is 48.0 Å². The van der Waals surface area contributed by atoms with Crippen molar-refractivity contribution in [1.82, 2.24) is 42.5 Å². The Kier molecular flexibility index (Phi) is 27.3. The Morgan fingerprint density at radius 1 is 0.569 bits per heavy atom. The lowest BCUT2D eigenvalue weighted by atomic mass is 10.0. The van der Waals surface area contributed by atoms with Crippen molar-refractivity contribution < 1.29 is 78.3 Å². The molecule has 1 saturated heterocycles. The minimum Gasteiger partial charge on any atom is -0.508 e. The van der Waals surface area contributed by atoms with Gasteiger partial charge in [-0.2, -0.15) is 0 Å². The summed E-state index contributed by atoms with van der Waals surface area (Å²) >= 11 is 0. The Bertz CT molecular complexity index is 2020. The van der Waals surface area contributed by atoms with E-state index in [-0.39, 0.29) is 18.6 Å². The summed E-state index contributed by atoms with van der Waals surface area (Å²) in [5.74, 6) is -13.2. The number of phenolic OH excluding ortho intramolecular Hbond substituents is 1. The predicted molar refractivity (Wildman–Crippen MR) is 254 cm³/mol. The summed E-state index contributed by atoms with van der Waals surface area (Å²) in [4.78, 5) is 146. The fourth-order valence-electron chi connectivity index (χ4n) is 7.54. The maximum atomic E-state index is 14.1. The first-order valence-corrected chi connectivity index (χ1v) is 24.0.